The first-order valence-corrected chi connectivity index (χ1v) is 25.6. The van der Waals surface area contributed by atoms with Crippen LogP contribution < -0.4 is 0 Å². The van der Waals surface area contributed by atoms with Crippen LogP contribution in [0.5, 0.6) is 0 Å². The van der Waals surface area contributed by atoms with Gasteiger partial charge in [0.2, 0.25) is 6.29 Å². The van der Waals surface area contributed by atoms with Crippen molar-refractivity contribution in [2.75, 3.05) is 13.2 Å². The van der Waals surface area contributed by atoms with Gasteiger partial charge in [0, 0.05) is 11.0 Å². The molecule has 2 saturated carbocycles. The van der Waals surface area contributed by atoms with Gasteiger partial charge in [0.1, 0.15) is 54.4 Å². The van der Waals surface area contributed by atoms with Crippen LogP contribution in [0.4, 0.5) is 0 Å². The molecule has 14 nitrogen and oxygen atoms in total. The Balaban J connectivity index is 0.792. The van der Waals surface area contributed by atoms with Crippen molar-refractivity contribution >= 4 is 17.9 Å². The number of cyclic esters (lactones) is 1. The fourth-order valence-electron chi connectivity index (χ4n) is 13.3. The highest BCUT2D eigenvalue weighted by Gasteiger charge is 3.01. The van der Waals surface area contributed by atoms with Gasteiger partial charge >= 0.3 is 17.9 Å². The van der Waals surface area contributed by atoms with Gasteiger partial charge < -0.3 is 52.1 Å². The van der Waals surface area contributed by atoms with E-state index in [4.69, 9.17) is 52.1 Å². The molecule has 14 atom stereocenters. The van der Waals surface area contributed by atoms with Crippen LogP contribution in [0.1, 0.15) is 75.1 Å². The van der Waals surface area contributed by atoms with E-state index in [9.17, 15) is 14.4 Å². The van der Waals surface area contributed by atoms with Crippen LogP contribution in [0.15, 0.2) is 132 Å². The highest BCUT2D eigenvalue weighted by Crippen LogP contribution is 2.83. The third-order valence-corrected chi connectivity index (χ3v) is 16.9. The molecule has 8 aliphatic rings. The van der Waals surface area contributed by atoms with E-state index in [-0.39, 0.29) is 82.0 Å². The molecule has 0 bridgehead atoms. The monoisotopic (exact) mass is 982 g/mol. The zero-order valence-corrected chi connectivity index (χ0v) is 40.9. The number of carbonyl (C=O) groups excluding carboxylic acids is 3. The standard InChI is InChI=1S/C58H62O14/c1-35(2)56-50(71-56)51-58(72-51)55(3)27-26-40-41(33-66-52(40)61)42(55)28-44-57(58,70-44)54(56)69-46(60)25-24-45(59)68-53-49(65-32-39-22-14-7-15-23-39)48(64-31-38-20-12-6-13-21-38)47(63-30-37-18-10-5-11-19-37)43(67-53)34-62-29-36-16-8-4-9-17-36/h4-23,35,42-44,47-51,53-54H,24-34H2,1-3H3/t42-,43?,44-,47-,48?,49?,50-,51-,53+,54+,55-,56-,57+,58+/m0/s1. The zero-order chi connectivity index (χ0) is 49.2. The van der Waals surface area contributed by atoms with E-state index in [1.807, 2.05) is 121 Å². The van der Waals surface area contributed by atoms with Crippen molar-refractivity contribution in [1.82, 2.24) is 0 Å². The second-order valence-electron chi connectivity index (χ2n) is 21.2. The lowest BCUT2D eigenvalue weighted by atomic mass is 9.46. The lowest BCUT2D eigenvalue weighted by molar-refractivity contribution is -0.320. The molecule has 6 fully saturated rings. The van der Waals surface area contributed by atoms with Gasteiger partial charge in [-0.2, -0.15) is 0 Å². The molecule has 0 radical (unpaired) electrons. The van der Waals surface area contributed by atoms with Gasteiger partial charge in [-0.05, 0) is 58.9 Å². The van der Waals surface area contributed by atoms with Crippen LogP contribution in [-0.4, -0.2) is 103 Å². The van der Waals surface area contributed by atoms with Crippen molar-refractivity contribution in [2.24, 2.45) is 17.3 Å². The SMILES string of the molecule is CC(C)[C@]12O[C@H]1[C@@H]1O[C@]13[C@]1(O[C@H]1C[C@H]1C4=C(CC[C@@]13C)C(=O)OC4)[C@@H]2OC(=O)CCC(=O)O[C@H]1OC(COCc2ccccc2)[C@H](OCc2ccccc2)C(OCc2ccccc2)C1OCc1ccccc1. The first-order valence-electron chi connectivity index (χ1n) is 25.6. The number of ether oxygens (including phenoxy) is 11. The van der Waals surface area contributed by atoms with Crippen LogP contribution >= 0.6 is 0 Å². The molecule has 5 aliphatic heterocycles. The second kappa shape index (κ2) is 18.9. The highest BCUT2D eigenvalue weighted by molar-refractivity contribution is 5.92. The Bertz CT molecular complexity index is 2670. The average Bonchev–Trinajstić information content (AvgIpc) is 4.35. The van der Waals surface area contributed by atoms with Gasteiger partial charge in [-0.1, -0.05) is 142 Å². The summed E-state index contributed by atoms with van der Waals surface area (Å²) in [6.45, 7) is 7.67. The Kier molecular flexibility index (Phi) is 12.5. The number of benzene rings is 4. The highest BCUT2D eigenvalue weighted by atomic mass is 16.8. The molecule has 378 valence electrons. The Morgan fingerprint density at radius 1 is 0.667 bits per heavy atom. The summed E-state index contributed by atoms with van der Waals surface area (Å²) < 4.78 is 72.1. The van der Waals surface area contributed by atoms with E-state index in [0.717, 1.165) is 33.4 Å². The molecule has 14 heteroatoms. The predicted molar refractivity (Wildman–Crippen MR) is 256 cm³/mol. The normalized spacial score (nSPS) is 36.4. The molecular formula is C58H62O14. The van der Waals surface area contributed by atoms with Gasteiger partial charge in [-0.15, -0.1) is 0 Å². The van der Waals surface area contributed by atoms with E-state index in [1.165, 1.54) is 0 Å². The maximum Gasteiger partial charge on any atom is 0.334 e. The number of rotatable bonds is 19. The molecular weight excluding hydrogens is 921 g/mol. The minimum absolute atomic E-state index is 0.0290. The first kappa shape index (κ1) is 47.7. The zero-order valence-electron chi connectivity index (χ0n) is 40.9. The molecule has 0 aromatic heterocycles. The molecule has 5 heterocycles. The molecule has 4 aromatic carbocycles. The van der Waals surface area contributed by atoms with Crippen molar-refractivity contribution in [3.05, 3.63) is 155 Å². The lowest BCUT2D eigenvalue weighted by Crippen LogP contribution is -2.70. The van der Waals surface area contributed by atoms with E-state index >= 15 is 0 Å². The maximum absolute atomic E-state index is 14.3. The van der Waals surface area contributed by atoms with Crippen LogP contribution in [0.3, 0.4) is 0 Å². The maximum atomic E-state index is 14.3. The van der Waals surface area contributed by atoms with Gasteiger partial charge in [0.25, 0.3) is 0 Å². The fourth-order valence-corrected chi connectivity index (χ4v) is 13.3. The summed E-state index contributed by atoms with van der Waals surface area (Å²) in [6.07, 6.45) is -4.77. The van der Waals surface area contributed by atoms with Crippen molar-refractivity contribution in [3.8, 4) is 0 Å². The van der Waals surface area contributed by atoms with Crippen LogP contribution in [0, 0.1) is 17.3 Å². The van der Waals surface area contributed by atoms with E-state index in [0.29, 0.717) is 25.9 Å². The number of esters is 3. The third-order valence-electron chi connectivity index (χ3n) is 16.9. The second-order valence-corrected chi connectivity index (χ2v) is 21.2. The topological polar surface area (TPSA) is 163 Å². The Labute approximate surface area is 419 Å². The molecule has 0 N–H and O–H groups in total. The number of fused-ring (bicyclic) bond motifs is 4. The number of hydrogen-bond acceptors (Lipinski definition) is 14. The van der Waals surface area contributed by atoms with Crippen molar-refractivity contribution in [3.63, 3.8) is 0 Å². The Morgan fingerprint density at radius 3 is 1.82 bits per heavy atom. The van der Waals surface area contributed by atoms with Gasteiger partial charge in [-0.3, -0.25) is 9.59 Å². The molecule has 72 heavy (non-hydrogen) atoms. The van der Waals surface area contributed by atoms with E-state index < -0.39 is 71.0 Å². The fraction of sp³-hybridized carbons (Fsp3) is 0.500. The predicted octanol–water partition coefficient (Wildman–Crippen LogP) is 7.68. The molecule has 0 amide bonds. The van der Waals surface area contributed by atoms with Crippen molar-refractivity contribution in [1.29, 1.82) is 0 Å². The number of carbonyl (C=O) groups is 3. The van der Waals surface area contributed by atoms with Crippen LogP contribution in [0.2, 0.25) is 0 Å². The first-order chi connectivity index (χ1) is 35.1. The van der Waals surface area contributed by atoms with Crippen molar-refractivity contribution < 1.29 is 66.5 Å². The third kappa shape index (κ3) is 8.04. The summed E-state index contributed by atoms with van der Waals surface area (Å²) in [4.78, 5) is 41.3. The average molecular weight is 983 g/mol. The van der Waals surface area contributed by atoms with Crippen LogP contribution in [0.25, 0.3) is 0 Å². The van der Waals surface area contributed by atoms with Crippen molar-refractivity contribution in [2.45, 2.75) is 151 Å². The smallest absolute Gasteiger partial charge is 0.334 e. The van der Waals surface area contributed by atoms with E-state index in [1.54, 1.807) is 0 Å². The summed E-state index contributed by atoms with van der Waals surface area (Å²) in [7, 11) is 0. The summed E-state index contributed by atoms with van der Waals surface area (Å²) >= 11 is 0. The van der Waals surface area contributed by atoms with Gasteiger partial charge in [0.05, 0.1) is 52.0 Å². The molecule has 3 aliphatic carbocycles. The molecule has 4 saturated heterocycles. The minimum atomic E-state index is -1.28. The summed E-state index contributed by atoms with van der Waals surface area (Å²) in [5.74, 6) is -1.49. The van der Waals surface area contributed by atoms with Gasteiger partial charge in [-0.25, -0.2) is 4.79 Å². The summed E-state index contributed by atoms with van der Waals surface area (Å²) in [5, 5.41) is 0. The Morgan fingerprint density at radius 2 is 1.22 bits per heavy atom. The summed E-state index contributed by atoms with van der Waals surface area (Å²) in [6, 6.07) is 39.2. The lowest BCUT2D eigenvalue weighted by Gasteiger charge is -2.53. The quantitative estimate of drug-likeness (QED) is 0.0511. The molecule has 3 unspecified atom stereocenters. The Hall–Kier alpha value is -5.29. The molecule has 2 spiro atoms. The largest absolute Gasteiger partial charge is 0.458 e. The summed E-state index contributed by atoms with van der Waals surface area (Å²) in [5.41, 5.74) is 2.69. The van der Waals surface area contributed by atoms with Crippen LogP contribution in [-0.2, 0) is 92.9 Å². The van der Waals surface area contributed by atoms with Gasteiger partial charge in [0.15, 0.2) is 11.7 Å². The number of hydrogen-bond donors (Lipinski definition) is 0. The molecule has 4 aromatic rings. The molecule has 12 rings (SSSR count). The number of epoxide rings is 3. The minimum Gasteiger partial charge on any atom is -0.458 e. The van der Waals surface area contributed by atoms with E-state index in [2.05, 4.69) is 20.8 Å².